The first-order valence-electron chi connectivity index (χ1n) is 10.7. The zero-order valence-electron chi connectivity index (χ0n) is 17.1. The number of carbonyl (C=O) groups is 2. The monoisotopic (exact) mass is 364 g/mol. The molecule has 0 amide bonds. The van der Waals surface area contributed by atoms with E-state index in [-0.39, 0.29) is 28.6 Å². The molecule has 26 heavy (non-hydrogen) atoms. The molecule has 0 aromatic rings. The normalized spacial score (nSPS) is 33.1. The molecular weight excluding hydrogens is 328 g/mol. The molecular formula is C22H36O4. The molecule has 4 aliphatic carbocycles. The van der Waals surface area contributed by atoms with Gasteiger partial charge in [-0.1, -0.05) is 13.8 Å². The van der Waals surface area contributed by atoms with Gasteiger partial charge in [-0.2, -0.15) is 0 Å². The van der Waals surface area contributed by atoms with Gasteiger partial charge in [0, 0.05) is 0 Å². The molecule has 0 aliphatic heterocycles. The summed E-state index contributed by atoms with van der Waals surface area (Å²) in [4.78, 5) is 25.7. The van der Waals surface area contributed by atoms with Gasteiger partial charge < -0.3 is 9.47 Å². The van der Waals surface area contributed by atoms with Crippen molar-refractivity contribution in [3.05, 3.63) is 0 Å². The van der Waals surface area contributed by atoms with Crippen LogP contribution in [0.3, 0.4) is 0 Å². The van der Waals surface area contributed by atoms with Gasteiger partial charge >= 0.3 is 11.9 Å². The maximum atomic E-state index is 13.1. The fourth-order valence-corrected chi connectivity index (χ4v) is 4.94. The molecule has 4 rings (SSSR count). The second-order valence-electron chi connectivity index (χ2n) is 9.72. The summed E-state index contributed by atoms with van der Waals surface area (Å²) < 4.78 is 12.2. The highest BCUT2D eigenvalue weighted by molar-refractivity contribution is 5.79. The van der Waals surface area contributed by atoms with Crippen molar-refractivity contribution < 1.29 is 19.1 Å². The Kier molecular flexibility index (Phi) is 5.18. The summed E-state index contributed by atoms with van der Waals surface area (Å²) in [5.41, 5.74) is -1.33. The highest BCUT2D eigenvalue weighted by Gasteiger charge is 2.56. The van der Waals surface area contributed by atoms with Gasteiger partial charge in [-0.3, -0.25) is 9.59 Å². The summed E-state index contributed by atoms with van der Waals surface area (Å²) in [5, 5.41) is 0. The predicted molar refractivity (Wildman–Crippen MR) is 101 cm³/mol. The quantitative estimate of drug-likeness (QED) is 0.598. The van der Waals surface area contributed by atoms with E-state index in [1.807, 2.05) is 20.8 Å². The number of carbonyl (C=O) groups excluding carboxylic acids is 2. The Hall–Kier alpha value is -1.06. The minimum absolute atomic E-state index is 0.0229. The van der Waals surface area contributed by atoms with E-state index in [1.165, 1.54) is 12.8 Å². The molecule has 4 nitrogen and oxygen atoms in total. The van der Waals surface area contributed by atoms with Gasteiger partial charge in [-0.05, 0) is 90.9 Å². The summed E-state index contributed by atoms with van der Waals surface area (Å²) in [5.74, 6) is -0.0670. The lowest BCUT2D eigenvalue weighted by Crippen LogP contribution is -2.54. The minimum atomic E-state index is -0.435. The van der Waals surface area contributed by atoms with Crippen LogP contribution in [-0.2, 0) is 19.1 Å². The van der Waals surface area contributed by atoms with Crippen molar-refractivity contribution in [2.45, 2.75) is 116 Å². The van der Waals surface area contributed by atoms with E-state index in [0.717, 1.165) is 64.2 Å². The highest BCUT2D eigenvalue weighted by Crippen LogP contribution is 2.55. The van der Waals surface area contributed by atoms with E-state index >= 15 is 0 Å². The van der Waals surface area contributed by atoms with Gasteiger partial charge in [0.05, 0.1) is 10.8 Å². The maximum Gasteiger partial charge on any atom is 0.312 e. The third-order valence-electron chi connectivity index (χ3n) is 7.82. The first-order chi connectivity index (χ1) is 12.2. The average molecular weight is 365 g/mol. The highest BCUT2D eigenvalue weighted by atomic mass is 16.6. The Morgan fingerprint density at radius 2 is 1.38 bits per heavy atom. The van der Waals surface area contributed by atoms with Crippen LogP contribution in [0.25, 0.3) is 0 Å². The van der Waals surface area contributed by atoms with Gasteiger partial charge in [0.25, 0.3) is 0 Å². The minimum Gasteiger partial charge on any atom is -0.459 e. The number of esters is 2. The number of hydrogen-bond acceptors (Lipinski definition) is 4. The van der Waals surface area contributed by atoms with Crippen molar-refractivity contribution in [2.75, 3.05) is 0 Å². The first kappa shape index (κ1) is 19.7. The summed E-state index contributed by atoms with van der Waals surface area (Å²) in [6.07, 6.45) is 10.8. The molecule has 0 aromatic heterocycles. The van der Waals surface area contributed by atoms with Crippen LogP contribution in [0.15, 0.2) is 0 Å². The Labute approximate surface area is 158 Å². The lowest BCUT2D eigenvalue weighted by Gasteiger charge is -2.52. The molecule has 148 valence electrons. The van der Waals surface area contributed by atoms with Crippen LogP contribution >= 0.6 is 0 Å². The first-order valence-corrected chi connectivity index (χ1v) is 10.7. The molecule has 2 bridgehead atoms. The molecule has 0 heterocycles. The molecule has 0 spiro atoms. The Bertz CT molecular complexity index is 532. The average Bonchev–Trinajstić information content (AvgIpc) is 3.12. The van der Waals surface area contributed by atoms with Crippen molar-refractivity contribution in [3.63, 3.8) is 0 Å². The second kappa shape index (κ2) is 6.83. The molecule has 0 N–H and O–H groups in total. The number of fused-ring (bicyclic) bond motifs is 3. The molecule has 0 saturated heterocycles. The lowest BCUT2D eigenvalue weighted by molar-refractivity contribution is -0.200. The van der Waals surface area contributed by atoms with Crippen molar-refractivity contribution in [1.29, 1.82) is 0 Å². The summed E-state index contributed by atoms with van der Waals surface area (Å²) in [6, 6.07) is 0. The smallest absolute Gasteiger partial charge is 0.312 e. The van der Waals surface area contributed by atoms with Gasteiger partial charge in [0.1, 0.15) is 11.2 Å². The number of rotatable bonds is 6. The molecule has 4 aliphatic rings. The van der Waals surface area contributed by atoms with E-state index in [9.17, 15) is 9.59 Å². The number of ether oxygens (including phenoxy) is 2. The zero-order chi connectivity index (χ0) is 19.1. The van der Waals surface area contributed by atoms with Gasteiger partial charge in [0.15, 0.2) is 0 Å². The Morgan fingerprint density at radius 1 is 0.846 bits per heavy atom. The molecule has 4 saturated carbocycles. The Morgan fingerprint density at radius 3 is 1.85 bits per heavy atom. The van der Waals surface area contributed by atoms with Crippen LogP contribution in [0.2, 0.25) is 0 Å². The van der Waals surface area contributed by atoms with Crippen LogP contribution in [0.5, 0.6) is 0 Å². The van der Waals surface area contributed by atoms with Crippen LogP contribution < -0.4 is 0 Å². The maximum absolute atomic E-state index is 13.1. The van der Waals surface area contributed by atoms with Crippen molar-refractivity contribution in [3.8, 4) is 0 Å². The molecule has 0 atom stereocenters. The topological polar surface area (TPSA) is 52.6 Å². The molecule has 0 aromatic carbocycles. The standard InChI is InChI=1S/C22H36O4/c1-5-19(3,4)17(23)25-22-14-11-20(12-15-22,13-16-22)18(24)26-21(6-2)9-7-8-10-21/h5-16H2,1-4H3. The van der Waals surface area contributed by atoms with Crippen LogP contribution in [0.4, 0.5) is 0 Å². The summed E-state index contributed by atoms with van der Waals surface area (Å²) in [6.45, 7) is 8.06. The van der Waals surface area contributed by atoms with E-state index in [1.54, 1.807) is 0 Å². The molecule has 4 heteroatoms. The zero-order valence-corrected chi connectivity index (χ0v) is 17.1. The van der Waals surface area contributed by atoms with Crippen LogP contribution in [-0.4, -0.2) is 23.1 Å². The van der Waals surface area contributed by atoms with E-state index < -0.39 is 5.41 Å². The van der Waals surface area contributed by atoms with Gasteiger partial charge in [-0.25, -0.2) is 0 Å². The fraction of sp³-hybridized carbons (Fsp3) is 0.909. The van der Waals surface area contributed by atoms with Crippen LogP contribution in [0.1, 0.15) is 105 Å². The van der Waals surface area contributed by atoms with Crippen molar-refractivity contribution in [2.24, 2.45) is 10.8 Å². The second-order valence-corrected chi connectivity index (χ2v) is 9.72. The van der Waals surface area contributed by atoms with Crippen molar-refractivity contribution >= 4 is 11.9 Å². The SMILES string of the molecule is CCC1(OC(=O)C23CCC(OC(=O)C(C)(C)CC)(CC2)CC3)CCCC1. The summed E-state index contributed by atoms with van der Waals surface area (Å²) >= 11 is 0. The number of hydrogen-bond donors (Lipinski definition) is 0. The fourth-order valence-electron chi connectivity index (χ4n) is 4.94. The van der Waals surface area contributed by atoms with Crippen molar-refractivity contribution in [1.82, 2.24) is 0 Å². The third kappa shape index (κ3) is 3.41. The van der Waals surface area contributed by atoms with E-state index in [0.29, 0.717) is 0 Å². The van der Waals surface area contributed by atoms with E-state index in [2.05, 4.69) is 6.92 Å². The van der Waals surface area contributed by atoms with Gasteiger partial charge in [-0.15, -0.1) is 0 Å². The molecule has 0 radical (unpaired) electrons. The summed E-state index contributed by atoms with van der Waals surface area (Å²) in [7, 11) is 0. The molecule has 4 fully saturated rings. The van der Waals surface area contributed by atoms with E-state index in [4.69, 9.17) is 9.47 Å². The lowest BCUT2D eigenvalue weighted by atomic mass is 9.58. The predicted octanol–water partition coefficient (Wildman–Crippen LogP) is 5.32. The Balaban J connectivity index is 1.63. The third-order valence-corrected chi connectivity index (χ3v) is 7.82. The largest absolute Gasteiger partial charge is 0.459 e. The molecule has 0 unspecified atom stereocenters. The van der Waals surface area contributed by atoms with Gasteiger partial charge in [0.2, 0.25) is 0 Å². The van der Waals surface area contributed by atoms with Crippen LogP contribution in [0, 0.1) is 10.8 Å².